The number of carboxylic acid groups (broad SMARTS) is 1. The van der Waals surface area contributed by atoms with E-state index in [1.165, 1.54) is 6.92 Å². The van der Waals surface area contributed by atoms with Crippen molar-refractivity contribution in [2.24, 2.45) is 0 Å². The Morgan fingerprint density at radius 1 is 1.26 bits per heavy atom. The summed E-state index contributed by atoms with van der Waals surface area (Å²) in [6.07, 6.45) is 0. The molecule has 0 spiro atoms. The highest BCUT2D eigenvalue weighted by Gasteiger charge is 2.41. The molecule has 2 amide bonds. The molecule has 0 aromatic heterocycles. The molecule has 0 saturated carbocycles. The quantitative estimate of drug-likeness (QED) is 0.660. The van der Waals surface area contributed by atoms with Crippen LogP contribution in [-0.4, -0.2) is 40.4 Å². The summed E-state index contributed by atoms with van der Waals surface area (Å²) in [6, 6.07) is 7.26. The number of fused-ring (bicyclic) bond motifs is 2. The SMILES string of the molecule is CC(=O)NC1CN(C(C(=O)O)=C(C)C)C1=O.c1cc2cc(c1)O2. The Balaban J connectivity index is 0.000000223. The third kappa shape index (κ3) is 3.68. The Kier molecular flexibility index (Phi) is 4.68. The van der Waals surface area contributed by atoms with Gasteiger partial charge < -0.3 is 20.1 Å². The second-order valence-electron chi connectivity index (χ2n) is 5.43. The number of nitrogens with one attached hydrogen (secondary N) is 1. The van der Waals surface area contributed by atoms with Gasteiger partial charge in [-0.3, -0.25) is 9.59 Å². The van der Waals surface area contributed by atoms with E-state index in [-0.39, 0.29) is 24.1 Å². The molecule has 1 atom stereocenters. The molecule has 2 N–H and O–H groups in total. The fraction of sp³-hybridized carbons (Fsp3) is 0.312. The number of hydrogen-bond acceptors (Lipinski definition) is 4. The lowest BCUT2D eigenvalue weighted by molar-refractivity contribution is -0.148. The molecule has 1 aromatic rings. The number of ether oxygens (including phenoxy) is 1. The zero-order valence-electron chi connectivity index (χ0n) is 13.1. The van der Waals surface area contributed by atoms with Crippen molar-refractivity contribution >= 4 is 17.8 Å². The molecule has 0 aliphatic carbocycles. The normalized spacial score (nSPS) is 16.7. The second kappa shape index (κ2) is 6.51. The highest BCUT2D eigenvalue weighted by atomic mass is 16.5. The van der Waals surface area contributed by atoms with E-state index in [1.807, 2.05) is 24.3 Å². The van der Waals surface area contributed by atoms with Crippen molar-refractivity contribution in [2.45, 2.75) is 26.8 Å². The number of hydrogen-bond donors (Lipinski definition) is 2. The number of allylic oxidation sites excluding steroid dienone is 1. The molecule has 122 valence electrons. The van der Waals surface area contributed by atoms with Crippen LogP contribution in [0, 0.1) is 0 Å². The first-order chi connectivity index (χ1) is 10.8. The van der Waals surface area contributed by atoms with Gasteiger partial charge in [0.2, 0.25) is 5.91 Å². The largest absolute Gasteiger partial charge is 0.477 e. The summed E-state index contributed by atoms with van der Waals surface area (Å²) >= 11 is 0. The molecule has 23 heavy (non-hydrogen) atoms. The van der Waals surface area contributed by atoms with Gasteiger partial charge in [-0.1, -0.05) is 6.07 Å². The Morgan fingerprint density at radius 3 is 2.09 bits per heavy atom. The van der Waals surface area contributed by atoms with Crippen molar-refractivity contribution in [3.8, 4) is 11.5 Å². The highest BCUT2D eigenvalue weighted by molar-refractivity contribution is 6.00. The minimum Gasteiger partial charge on any atom is -0.477 e. The number of carboxylic acids is 1. The lowest BCUT2D eigenvalue weighted by atomic mass is 10.0. The molecule has 7 nitrogen and oxygen atoms in total. The van der Waals surface area contributed by atoms with Gasteiger partial charge in [0.1, 0.15) is 23.2 Å². The first-order valence-corrected chi connectivity index (χ1v) is 7.06. The molecule has 3 aliphatic rings. The van der Waals surface area contributed by atoms with Gasteiger partial charge in [0.25, 0.3) is 5.91 Å². The summed E-state index contributed by atoms with van der Waals surface area (Å²) in [4.78, 5) is 34.4. The molecule has 1 saturated heterocycles. The van der Waals surface area contributed by atoms with E-state index in [1.54, 1.807) is 13.8 Å². The third-order valence-corrected chi connectivity index (χ3v) is 3.29. The number of amides is 2. The molecule has 1 unspecified atom stereocenters. The maximum absolute atomic E-state index is 11.6. The Labute approximate surface area is 133 Å². The van der Waals surface area contributed by atoms with E-state index in [0.717, 1.165) is 16.4 Å². The summed E-state index contributed by atoms with van der Waals surface area (Å²) in [6.45, 7) is 4.78. The van der Waals surface area contributed by atoms with Crippen LogP contribution in [0.25, 0.3) is 0 Å². The van der Waals surface area contributed by atoms with Gasteiger partial charge in [-0.05, 0) is 31.6 Å². The topological polar surface area (TPSA) is 95.9 Å². The molecule has 4 rings (SSSR count). The minimum absolute atomic E-state index is 0.00778. The summed E-state index contributed by atoms with van der Waals surface area (Å²) < 4.78 is 5.01. The first-order valence-electron chi connectivity index (χ1n) is 7.06. The third-order valence-electron chi connectivity index (χ3n) is 3.29. The molecule has 7 heteroatoms. The summed E-state index contributed by atoms with van der Waals surface area (Å²) in [5.41, 5.74) is 0.550. The van der Waals surface area contributed by atoms with Crippen LogP contribution in [-0.2, 0) is 14.4 Å². The van der Waals surface area contributed by atoms with Crippen LogP contribution in [0.2, 0.25) is 0 Å². The molecule has 1 aromatic carbocycles. The number of benzene rings is 1. The molecule has 3 aliphatic heterocycles. The maximum Gasteiger partial charge on any atom is 0.352 e. The van der Waals surface area contributed by atoms with Gasteiger partial charge in [0, 0.05) is 13.0 Å². The highest BCUT2D eigenvalue weighted by Crippen LogP contribution is 2.32. The van der Waals surface area contributed by atoms with Crippen LogP contribution in [0.15, 0.2) is 35.5 Å². The van der Waals surface area contributed by atoms with Crippen molar-refractivity contribution in [1.82, 2.24) is 10.2 Å². The number of nitrogens with zero attached hydrogens (tertiary/aromatic N) is 1. The Morgan fingerprint density at radius 2 is 1.83 bits per heavy atom. The molecule has 1 fully saturated rings. The minimum atomic E-state index is -1.13. The van der Waals surface area contributed by atoms with Gasteiger partial charge in [-0.25, -0.2) is 4.79 Å². The van der Waals surface area contributed by atoms with Gasteiger partial charge in [-0.15, -0.1) is 0 Å². The van der Waals surface area contributed by atoms with Crippen molar-refractivity contribution in [3.05, 3.63) is 35.5 Å². The van der Waals surface area contributed by atoms with E-state index < -0.39 is 12.0 Å². The molecule has 2 bridgehead atoms. The monoisotopic (exact) mass is 318 g/mol. The van der Waals surface area contributed by atoms with Crippen LogP contribution >= 0.6 is 0 Å². The van der Waals surface area contributed by atoms with Crippen LogP contribution in [0.5, 0.6) is 11.5 Å². The summed E-state index contributed by atoms with van der Waals surface area (Å²) in [7, 11) is 0. The summed E-state index contributed by atoms with van der Waals surface area (Å²) in [5.74, 6) is 0.158. The number of β-lactam (4-membered cyclic amide) rings is 1. The van der Waals surface area contributed by atoms with Crippen molar-refractivity contribution < 1.29 is 24.2 Å². The average Bonchev–Trinajstić information content (AvgIpc) is 2.45. The van der Waals surface area contributed by atoms with Crippen molar-refractivity contribution in [3.63, 3.8) is 0 Å². The van der Waals surface area contributed by atoms with Crippen LogP contribution in [0.1, 0.15) is 20.8 Å². The van der Waals surface area contributed by atoms with Crippen LogP contribution < -0.4 is 10.1 Å². The fourth-order valence-corrected chi connectivity index (χ4v) is 2.26. The van der Waals surface area contributed by atoms with E-state index in [4.69, 9.17) is 9.84 Å². The number of likely N-dealkylation sites (tertiary alicyclic amines) is 1. The summed E-state index contributed by atoms with van der Waals surface area (Å²) in [5, 5.41) is 11.4. The van der Waals surface area contributed by atoms with E-state index in [9.17, 15) is 14.4 Å². The van der Waals surface area contributed by atoms with Gasteiger partial charge in [0.05, 0.1) is 6.54 Å². The maximum atomic E-state index is 11.6. The second-order valence-corrected chi connectivity index (χ2v) is 5.43. The Bertz CT molecular complexity index is 667. The number of aliphatic carboxylic acids is 1. The fourth-order valence-electron chi connectivity index (χ4n) is 2.26. The zero-order valence-corrected chi connectivity index (χ0v) is 13.1. The van der Waals surface area contributed by atoms with E-state index in [0.29, 0.717) is 5.57 Å². The predicted octanol–water partition coefficient (Wildman–Crippen LogP) is 1.50. The molecule has 3 heterocycles. The zero-order chi connectivity index (χ0) is 17.1. The molecular formula is C16H18N2O5. The van der Waals surface area contributed by atoms with Crippen LogP contribution in [0.3, 0.4) is 0 Å². The number of carbonyl (C=O) groups excluding carboxylic acids is 2. The average molecular weight is 318 g/mol. The predicted molar refractivity (Wildman–Crippen MR) is 81.8 cm³/mol. The van der Waals surface area contributed by atoms with Gasteiger partial charge in [0.15, 0.2) is 0 Å². The van der Waals surface area contributed by atoms with Crippen molar-refractivity contribution in [2.75, 3.05) is 6.54 Å². The van der Waals surface area contributed by atoms with Gasteiger partial charge >= 0.3 is 5.97 Å². The van der Waals surface area contributed by atoms with Crippen LogP contribution in [0.4, 0.5) is 0 Å². The number of rotatable bonds is 3. The lowest BCUT2D eigenvalue weighted by Gasteiger charge is -2.38. The lowest BCUT2D eigenvalue weighted by Crippen LogP contribution is -2.63. The van der Waals surface area contributed by atoms with E-state index in [2.05, 4.69) is 5.32 Å². The Hall–Kier alpha value is -2.83. The van der Waals surface area contributed by atoms with Gasteiger partial charge in [-0.2, -0.15) is 0 Å². The smallest absolute Gasteiger partial charge is 0.352 e. The standard InChI is InChI=1S/C10H14N2O4.C6H4O/c1-5(2)8(10(15)16)12-4-7(9(12)14)11-6(3)13;1-2-5-4-6(3-1)7-5/h7H,4H2,1-3H3,(H,11,13)(H,15,16);1-4H. The number of carbonyl (C=O) groups is 3. The van der Waals surface area contributed by atoms with E-state index >= 15 is 0 Å². The first kappa shape index (κ1) is 16.5. The molecular weight excluding hydrogens is 300 g/mol. The van der Waals surface area contributed by atoms with Crippen molar-refractivity contribution in [1.29, 1.82) is 0 Å². The molecule has 0 radical (unpaired) electrons.